The molecule has 0 amide bonds. The normalized spacial score (nSPS) is 12.2. The van der Waals surface area contributed by atoms with Crippen molar-refractivity contribution in [2.75, 3.05) is 6.61 Å². The van der Waals surface area contributed by atoms with Crippen LogP contribution in [0.25, 0.3) is 0 Å². The Bertz CT molecular complexity index is 194. The van der Waals surface area contributed by atoms with Crippen molar-refractivity contribution in [2.24, 2.45) is 11.8 Å². The summed E-state index contributed by atoms with van der Waals surface area (Å²) in [5.41, 5.74) is 0. The molecule has 0 aromatic rings. The van der Waals surface area contributed by atoms with Crippen LogP contribution < -0.4 is 0 Å². The number of nitriles is 1. The van der Waals surface area contributed by atoms with E-state index in [4.69, 9.17) is 10.00 Å². The quantitative estimate of drug-likeness (QED) is 0.613. The van der Waals surface area contributed by atoms with E-state index in [1.807, 2.05) is 6.07 Å². The van der Waals surface area contributed by atoms with Crippen molar-refractivity contribution < 1.29 is 9.53 Å². The van der Waals surface area contributed by atoms with Gasteiger partial charge in [0.25, 0.3) is 0 Å². The number of rotatable bonds is 5. The molecular formula is C10H17NO2. The molecule has 0 spiro atoms. The second-order valence-corrected chi connectivity index (χ2v) is 3.40. The van der Waals surface area contributed by atoms with Crippen LogP contribution in [0.1, 0.15) is 33.6 Å². The first-order valence-corrected chi connectivity index (χ1v) is 4.68. The van der Waals surface area contributed by atoms with Gasteiger partial charge in [0.15, 0.2) is 0 Å². The summed E-state index contributed by atoms with van der Waals surface area (Å²) in [5.74, 6) is -0.446. The largest absolute Gasteiger partial charge is 0.465 e. The molecule has 13 heavy (non-hydrogen) atoms. The third-order valence-corrected chi connectivity index (χ3v) is 1.76. The first-order valence-electron chi connectivity index (χ1n) is 4.68. The number of hydrogen-bond donors (Lipinski definition) is 0. The molecule has 0 fully saturated rings. The second-order valence-electron chi connectivity index (χ2n) is 3.40. The van der Waals surface area contributed by atoms with E-state index in [0.717, 1.165) is 6.42 Å². The van der Waals surface area contributed by atoms with E-state index in [1.165, 1.54) is 0 Å². The van der Waals surface area contributed by atoms with E-state index in [-0.39, 0.29) is 5.97 Å². The van der Waals surface area contributed by atoms with Crippen LogP contribution in [0.15, 0.2) is 0 Å². The van der Waals surface area contributed by atoms with Gasteiger partial charge in [0.2, 0.25) is 0 Å². The average molecular weight is 183 g/mol. The summed E-state index contributed by atoms with van der Waals surface area (Å²) >= 11 is 0. The van der Waals surface area contributed by atoms with Gasteiger partial charge in [-0.1, -0.05) is 13.8 Å². The van der Waals surface area contributed by atoms with Crippen molar-refractivity contribution in [3.8, 4) is 6.07 Å². The highest BCUT2D eigenvalue weighted by Gasteiger charge is 2.18. The smallest absolute Gasteiger partial charge is 0.323 e. The summed E-state index contributed by atoms with van der Waals surface area (Å²) in [6.07, 6.45) is 1.49. The van der Waals surface area contributed by atoms with Gasteiger partial charge in [-0.2, -0.15) is 5.26 Å². The van der Waals surface area contributed by atoms with E-state index >= 15 is 0 Å². The van der Waals surface area contributed by atoms with Crippen molar-refractivity contribution in [3.05, 3.63) is 0 Å². The topological polar surface area (TPSA) is 50.1 Å². The van der Waals surface area contributed by atoms with Crippen LogP contribution >= 0.6 is 0 Å². The Labute approximate surface area is 79.7 Å². The van der Waals surface area contributed by atoms with Crippen LogP contribution in [0.3, 0.4) is 0 Å². The van der Waals surface area contributed by atoms with Gasteiger partial charge in [0.1, 0.15) is 5.92 Å². The standard InChI is InChI=1S/C10H17NO2/c1-4-13-10(12)9(7-11)6-5-8(2)3/h8-9H,4-6H2,1-3H3. The van der Waals surface area contributed by atoms with Crippen LogP contribution in [0, 0.1) is 23.2 Å². The molecule has 0 aliphatic heterocycles. The highest BCUT2D eigenvalue weighted by atomic mass is 16.5. The zero-order valence-corrected chi connectivity index (χ0v) is 8.54. The summed E-state index contributed by atoms with van der Waals surface area (Å²) in [4.78, 5) is 11.1. The summed E-state index contributed by atoms with van der Waals surface area (Å²) in [6.45, 7) is 6.23. The lowest BCUT2D eigenvalue weighted by molar-refractivity contribution is -0.146. The molecule has 0 radical (unpaired) electrons. The van der Waals surface area contributed by atoms with Crippen LogP contribution in [0.2, 0.25) is 0 Å². The lowest BCUT2D eigenvalue weighted by Gasteiger charge is -2.09. The molecule has 1 unspecified atom stereocenters. The van der Waals surface area contributed by atoms with Crippen molar-refractivity contribution in [1.82, 2.24) is 0 Å². The average Bonchev–Trinajstić information content (AvgIpc) is 2.05. The van der Waals surface area contributed by atoms with E-state index in [9.17, 15) is 4.79 Å². The molecule has 0 saturated carbocycles. The van der Waals surface area contributed by atoms with E-state index in [1.54, 1.807) is 6.92 Å². The molecule has 0 aliphatic carbocycles. The Balaban J connectivity index is 3.90. The Morgan fingerprint density at radius 1 is 1.46 bits per heavy atom. The third-order valence-electron chi connectivity index (χ3n) is 1.76. The van der Waals surface area contributed by atoms with Crippen LogP contribution in [-0.4, -0.2) is 12.6 Å². The summed E-state index contributed by atoms with van der Waals surface area (Å²) in [7, 11) is 0. The maximum Gasteiger partial charge on any atom is 0.323 e. The number of hydrogen-bond acceptors (Lipinski definition) is 3. The molecule has 3 nitrogen and oxygen atoms in total. The van der Waals surface area contributed by atoms with Gasteiger partial charge in [-0.05, 0) is 25.7 Å². The summed E-state index contributed by atoms with van der Waals surface area (Å²) < 4.78 is 4.77. The van der Waals surface area contributed by atoms with Gasteiger partial charge in [-0.15, -0.1) is 0 Å². The maximum atomic E-state index is 11.1. The zero-order chi connectivity index (χ0) is 10.3. The van der Waals surface area contributed by atoms with Crippen LogP contribution in [0.4, 0.5) is 0 Å². The second kappa shape index (κ2) is 6.47. The van der Waals surface area contributed by atoms with Crippen molar-refractivity contribution in [1.29, 1.82) is 5.26 Å². The molecule has 3 heteroatoms. The SMILES string of the molecule is CCOC(=O)C(C#N)CCC(C)C. The van der Waals surface area contributed by atoms with Gasteiger partial charge in [0, 0.05) is 0 Å². The molecule has 0 aromatic carbocycles. The van der Waals surface area contributed by atoms with Gasteiger partial charge in [0.05, 0.1) is 12.7 Å². The fourth-order valence-corrected chi connectivity index (χ4v) is 0.978. The maximum absolute atomic E-state index is 11.1. The predicted octanol–water partition coefficient (Wildman–Crippen LogP) is 2.13. The molecule has 1 atom stereocenters. The highest BCUT2D eigenvalue weighted by molar-refractivity contribution is 5.75. The number of carbonyl (C=O) groups excluding carboxylic acids is 1. The minimum absolute atomic E-state index is 0.346. The minimum Gasteiger partial charge on any atom is -0.465 e. The first kappa shape index (κ1) is 12.0. The fourth-order valence-electron chi connectivity index (χ4n) is 0.978. The highest BCUT2D eigenvalue weighted by Crippen LogP contribution is 2.12. The number of esters is 1. The summed E-state index contributed by atoms with van der Waals surface area (Å²) in [6, 6.07) is 1.97. The molecule has 0 aliphatic rings. The lowest BCUT2D eigenvalue weighted by Crippen LogP contribution is -2.16. The fraction of sp³-hybridized carbons (Fsp3) is 0.800. The van der Waals surface area contributed by atoms with Crippen molar-refractivity contribution >= 4 is 5.97 Å². The van der Waals surface area contributed by atoms with Crippen LogP contribution in [0.5, 0.6) is 0 Å². The lowest BCUT2D eigenvalue weighted by atomic mass is 9.99. The Hall–Kier alpha value is -1.04. The Morgan fingerprint density at radius 3 is 2.46 bits per heavy atom. The monoisotopic (exact) mass is 183 g/mol. The Kier molecular flexibility index (Phi) is 5.96. The predicted molar refractivity (Wildman–Crippen MR) is 49.8 cm³/mol. The van der Waals surface area contributed by atoms with Crippen LogP contribution in [-0.2, 0) is 9.53 Å². The summed E-state index contributed by atoms with van der Waals surface area (Å²) in [5, 5.41) is 8.69. The molecule has 74 valence electrons. The van der Waals surface area contributed by atoms with Gasteiger partial charge >= 0.3 is 5.97 Å². The van der Waals surface area contributed by atoms with Crippen molar-refractivity contribution in [3.63, 3.8) is 0 Å². The zero-order valence-electron chi connectivity index (χ0n) is 8.54. The number of ether oxygens (including phenoxy) is 1. The molecule has 0 saturated heterocycles. The minimum atomic E-state index is -0.581. The van der Waals surface area contributed by atoms with E-state index < -0.39 is 5.92 Å². The molecule has 0 rings (SSSR count). The molecular weight excluding hydrogens is 166 g/mol. The van der Waals surface area contributed by atoms with Crippen molar-refractivity contribution in [2.45, 2.75) is 33.6 Å². The molecule has 0 bridgehead atoms. The number of nitrogens with zero attached hydrogens (tertiary/aromatic N) is 1. The molecule has 0 aromatic heterocycles. The van der Waals surface area contributed by atoms with Gasteiger partial charge < -0.3 is 4.74 Å². The van der Waals surface area contributed by atoms with Gasteiger partial charge in [-0.25, -0.2) is 0 Å². The third kappa shape index (κ3) is 5.24. The Morgan fingerprint density at radius 2 is 2.08 bits per heavy atom. The molecule has 0 heterocycles. The van der Waals surface area contributed by atoms with E-state index in [2.05, 4.69) is 13.8 Å². The van der Waals surface area contributed by atoms with Gasteiger partial charge in [-0.3, -0.25) is 4.79 Å². The van der Waals surface area contributed by atoms with E-state index in [0.29, 0.717) is 18.9 Å². The first-order chi connectivity index (χ1) is 6.11. The number of carbonyl (C=O) groups is 1. The molecule has 0 N–H and O–H groups in total.